The topological polar surface area (TPSA) is 90.7 Å². The summed E-state index contributed by atoms with van der Waals surface area (Å²) in [6, 6.07) is 9.88. The van der Waals surface area contributed by atoms with Crippen LogP contribution in [-0.4, -0.2) is 21.8 Å². The Morgan fingerprint density at radius 2 is 2.00 bits per heavy atom. The lowest BCUT2D eigenvalue weighted by atomic mass is 10.1. The minimum Gasteiger partial charge on any atom is -0.490 e. The van der Waals surface area contributed by atoms with E-state index >= 15 is 0 Å². The maximum Gasteiger partial charge on any atom is 0.269 e. The first-order valence-corrected chi connectivity index (χ1v) is 10.7. The number of hydrogen-bond donors (Lipinski definition) is 1. The molecule has 1 saturated heterocycles. The minimum absolute atomic E-state index is 0.0315. The Kier molecular flexibility index (Phi) is 7.09. The lowest BCUT2D eigenvalue weighted by Gasteiger charge is -2.15. The van der Waals surface area contributed by atoms with Gasteiger partial charge in [0.15, 0.2) is 11.5 Å². The first kappa shape index (κ1) is 21.5. The number of hydrogen-bond acceptors (Lipinski definition) is 7. The maximum atomic E-state index is 11.9. The van der Waals surface area contributed by atoms with E-state index in [2.05, 4.69) is 27.9 Å². The number of nitro benzene ring substituents is 1. The molecule has 0 bridgehead atoms. The Hall–Kier alpha value is -2.18. The zero-order chi connectivity index (χ0) is 21.0. The highest BCUT2D eigenvalue weighted by Crippen LogP contribution is 2.36. The van der Waals surface area contributed by atoms with Crippen molar-refractivity contribution in [2.75, 3.05) is 6.61 Å². The smallest absolute Gasteiger partial charge is 0.269 e. The second-order valence-corrected chi connectivity index (χ2v) is 8.71. The van der Waals surface area contributed by atoms with Gasteiger partial charge in [-0.1, -0.05) is 24.0 Å². The molecule has 0 atom stereocenters. The third-order valence-electron chi connectivity index (χ3n) is 3.80. The zero-order valence-electron chi connectivity index (χ0n) is 15.1. The quantitative estimate of drug-likeness (QED) is 0.179. The zero-order valence-corrected chi connectivity index (χ0v) is 18.9. The molecule has 3 rings (SSSR count). The molecule has 1 heterocycles. The third kappa shape index (κ3) is 5.46. The standard InChI is InChI=1S/C19H15IN2O5S2/c1-2-26-15-8-12(9-16-18(23)21-19(28)29-16)7-14(20)17(15)27-10-11-3-5-13(6-4-11)22(24)25/h3-9H,2,10H2,1H3,(H,21,23,28). The van der Waals surface area contributed by atoms with Crippen LogP contribution in [0.3, 0.4) is 0 Å². The third-order valence-corrected chi connectivity index (χ3v) is 5.77. The van der Waals surface area contributed by atoms with Crippen molar-refractivity contribution >= 4 is 68.6 Å². The summed E-state index contributed by atoms with van der Waals surface area (Å²) in [6.45, 7) is 2.56. The molecular formula is C19H15IN2O5S2. The fourth-order valence-corrected chi connectivity index (χ4v) is 4.34. The van der Waals surface area contributed by atoms with Gasteiger partial charge in [-0.15, -0.1) is 0 Å². The summed E-state index contributed by atoms with van der Waals surface area (Å²) in [5.74, 6) is 0.914. The number of nitro groups is 1. The molecule has 7 nitrogen and oxygen atoms in total. The molecule has 150 valence electrons. The summed E-state index contributed by atoms with van der Waals surface area (Å²) < 4.78 is 12.9. The molecule has 0 aromatic heterocycles. The molecule has 1 amide bonds. The van der Waals surface area contributed by atoms with Crippen LogP contribution in [0, 0.1) is 13.7 Å². The fourth-order valence-electron chi connectivity index (χ4n) is 2.52. The van der Waals surface area contributed by atoms with Crippen LogP contribution >= 0.6 is 46.6 Å². The van der Waals surface area contributed by atoms with Crippen molar-refractivity contribution in [1.29, 1.82) is 0 Å². The number of carbonyl (C=O) groups excluding carboxylic acids is 1. The van der Waals surface area contributed by atoms with E-state index in [4.69, 9.17) is 21.7 Å². The van der Waals surface area contributed by atoms with E-state index in [1.54, 1.807) is 24.3 Å². The average Bonchev–Trinajstić information content (AvgIpc) is 2.98. The number of thioether (sulfide) groups is 1. The summed E-state index contributed by atoms with van der Waals surface area (Å²) in [7, 11) is 0. The van der Waals surface area contributed by atoms with Gasteiger partial charge in [-0.25, -0.2) is 0 Å². The van der Waals surface area contributed by atoms with E-state index < -0.39 is 4.92 Å². The van der Waals surface area contributed by atoms with Crippen LogP contribution in [0.15, 0.2) is 41.3 Å². The van der Waals surface area contributed by atoms with Gasteiger partial charge in [0.05, 0.1) is 20.0 Å². The van der Waals surface area contributed by atoms with E-state index in [9.17, 15) is 14.9 Å². The van der Waals surface area contributed by atoms with E-state index in [0.717, 1.165) is 14.7 Å². The minimum atomic E-state index is -0.441. The van der Waals surface area contributed by atoms with Crippen LogP contribution < -0.4 is 14.8 Å². The molecular weight excluding hydrogens is 527 g/mol. The van der Waals surface area contributed by atoms with Crippen molar-refractivity contribution < 1.29 is 19.2 Å². The molecule has 1 aliphatic heterocycles. The lowest BCUT2D eigenvalue weighted by molar-refractivity contribution is -0.384. The normalized spacial score (nSPS) is 14.8. The van der Waals surface area contributed by atoms with Gasteiger partial charge in [-0.3, -0.25) is 14.9 Å². The molecule has 29 heavy (non-hydrogen) atoms. The lowest BCUT2D eigenvalue weighted by Crippen LogP contribution is -2.17. The van der Waals surface area contributed by atoms with Crippen LogP contribution in [0.1, 0.15) is 18.1 Å². The molecule has 0 aliphatic carbocycles. The number of thiocarbonyl (C=S) groups is 1. The number of nitrogens with one attached hydrogen (secondary N) is 1. The Labute approximate surface area is 190 Å². The number of non-ortho nitro benzene ring substituents is 1. The maximum absolute atomic E-state index is 11.9. The summed E-state index contributed by atoms with van der Waals surface area (Å²) in [5, 5.41) is 13.4. The van der Waals surface area contributed by atoms with Gasteiger partial charge in [-0.05, 0) is 71.0 Å². The number of halogens is 1. The number of benzene rings is 2. The first-order valence-electron chi connectivity index (χ1n) is 8.44. The highest BCUT2D eigenvalue weighted by Gasteiger charge is 2.22. The summed E-state index contributed by atoms with van der Waals surface area (Å²) in [4.78, 5) is 22.7. The van der Waals surface area contributed by atoms with Gasteiger partial charge >= 0.3 is 0 Å². The number of ether oxygens (including phenoxy) is 2. The molecule has 10 heteroatoms. The number of rotatable bonds is 7. The average molecular weight is 542 g/mol. The second-order valence-electron chi connectivity index (χ2n) is 5.83. The van der Waals surface area contributed by atoms with Gasteiger partial charge in [0, 0.05) is 12.1 Å². The molecule has 0 spiro atoms. The van der Waals surface area contributed by atoms with Gasteiger partial charge in [0.25, 0.3) is 11.6 Å². The SMILES string of the molecule is CCOc1cc(C=C2SC(=S)NC2=O)cc(I)c1OCc1ccc([N+](=O)[O-])cc1. The first-order chi connectivity index (χ1) is 13.9. The van der Waals surface area contributed by atoms with Crippen LogP contribution in [0.25, 0.3) is 6.08 Å². The van der Waals surface area contributed by atoms with Gasteiger partial charge in [0.2, 0.25) is 0 Å². The van der Waals surface area contributed by atoms with Crippen molar-refractivity contribution in [2.45, 2.75) is 13.5 Å². The van der Waals surface area contributed by atoms with Gasteiger partial charge < -0.3 is 14.8 Å². The Morgan fingerprint density at radius 3 is 2.59 bits per heavy atom. The highest BCUT2D eigenvalue weighted by molar-refractivity contribution is 14.1. The molecule has 0 radical (unpaired) electrons. The van der Waals surface area contributed by atoms with E-state index in [1.165, 1.54) is 23.9 Å². The molecule has 1 aliphatic rings. The summed E-state index contributed by atoms with van der Waals surface area (Å²) >= 11 is 8.38. The van der Waals surface area contributed by atoms with E-state index in [-0.39, 0.29) is 18.2 Å². The van der Waals surface area contributed by atoms with Crippen molar-refractivity contribution in [1.82, 2.24) is 5.32 Å². The Balaban J connectivity index is 1.82. The van der Waals surface area contributed by atoms with Crippen LogP contribution in [0.2, 0.25) is 0 Å². The molecule has 1 N–H and O–H groups in total. The van der Waals surface area contributed by atoms with E-state index in [0.29, 0.717) is 27.3 Å². The largest absolute Gasteiger partial charge is 0.490 e. The van der Waals surface area contributed by atoms with Crippen LogP contribution in [0.5, 0.6) is 11.5 Å². The van der Waals surface area contributed by atoms with Crippen molar-refractivity contribution in [3.8, 4) is 11.5 Å². The van der Waals surface area contributed by atoms with Gasteiger partial charge in [0.1, 0.15) is 10.9 Å². The molecule has 0 saturated carbocycles. The number of nitrogens with zero attached hydrogens (tertiary/aromatic N) is 1. The Morgan fingerprint density at radius 1 is 1.28 bits per heavy atom. The Bertz CT molecular complexity index is 1010. The van der Waals surface area contributed by atoms with Crippen molar-refractivity contribution in [2.24, 2.45) is 0 Å². The number of carbonyl (C=O) groups is 1. The van der Waals surface area contributed by atoms with Crippen molar-refractivity contribution in [3.63, 3.8) is 0 Å². The van der Waals surface area contributed by atoms with Crippen LogP contribution in [0.4, 0.5) is 5.69 Å². The highest BCUT2D eigenvalue weighted by atomic mass is 127. The molecule has 0 unspecified atom stereocenters. The van der Waals surface area contributed by atoms with Crippen LogP contribution in [-0.2, 0) is 11.4 Å². The predicted molar refractivity (Wildman–Crippen MR) is 124 cm³/mol. The summed E-state index contributed by atoms with van der Waals surface area (Å²) in [6.07, 6.45) is 1.75. The molecule has 2 aromatic carbocycles. The predicted octanol–water partition coefficient (Wildman–Crippen LogP) is 4.67. The molecule has 2 aromatic rings. The fraction of sp³-hybridized carbons (Fsp3) is 0.158. The van der Waals surface area contributed by atoms with E-state index in [1.807, 2.05) is 13.0 Å². The summed E-state index contributed by atoms with van der Waals surface area (Å²) in [5.41, 5.74) is 1.62. The number of amides is 1. The van der Waals surface area contributed by atoms with Gasteiger partial charge in [-0.2, -0.15) is 0 Å². The second kappa shape index (κ2) is 9.55. The van der Waals surface area contributed by atoms with Crippen molar-refractivity contribution in [3.05, 3.63) is 66.1 Å². The monoisotopic (exact) mass is 542 g/mol. The molecule has 1 fully saturated rings.